The molecule has 2 rings (SSSR count). The second kappa shape index (κ2) is 9.75. The third kappa shape index (κ3) is 5.40. The van der Waals surface area contributed by atoms with E-state index in [1.54, 1.807) is 12.5 Å². The summed E-state index contributed by atoms with van der Waals surface area (Å²) in [6, 6.07) is 2.02. The van der Waals surface area contributed by atoms with Crippen LogP contribution in [0.3, 0.4) is 0 Å². The Hall–Kier alpha value is -2.31. The fourth-order valence-corrected chi connectivity index (χ4v) is 2.52. The van der Waals surface area contributed by atoms with Crippen LogP contribution in [0, 0.1) is 0 Å². The van der Waals surface area contributed by atoms with Crippen molar-refractivity contribution in [1.29, 1.82) is 0 Å². The summed E-state index contributed by atoms with van der Waals surface area (Å²) in [5.41, 5.74) is 1.03. The predicted octanol–water partition coefficient (Wildman–Crippen LogP) is 2.53. The Morgan fingerprint density at radius 2 is 2.12 bits per heavy atom. The van der Waals surface area contributed by atoms with Gasteiger partial charge in [0.2, 0.25) is 0 Å². The number of aliphatic imine (C=N–C) groups is 1. The zero-order valence-electron chi connectivity index (χ0n) is 14.8. The highest BCUT2D eigenvalue weighted by molar-refractivity contribution is 5.79. The third-order valence-electron chi connectivity index (χ3n) is 3.94. The molecule has 24 heavy (non-hydrogen) atoms. The second-order valence-corrected chi connectivity index (χ2v) is 5.65. The van der Waals surface area contributed by atoms with Gasteiger partial charge in [0.15, 0.2) is 11.7 Å². The maximum absolute atomic E-state index is 5.42. The van der Waals surface area contributed by atoms with E-state index >= 15 is 0 Å². The fraction of sp³-hybridized carbons (Fsp3) is 0.588. The summed E-state index contributed by atoms with van der Waals surface area (Å²) in [5.74, 6) is 2.04. The minimum Gasteiger partial charge on any atom is -0.359 e. The van der Waals surface area contributed by atoms with Crippen LogP contribution in [-0.4, -0.2) is 33.8 Å². The first kappa shape index (κ1) is 18.0. The van der Waals surface area contributed by atoms with E-state index in [1.165, 1.54) is 0 Å². The molecular formula is C17H28N6O. The Bertz CT molecular complexity index is 600. The molecule has 132 valence electrons. The number of nitrogens with one attached hydrogen (secondary N) is 2. The molecule has 0 aromatic carbocycles. The molecular weight excluding hydrogens is 304 g/mol. The third-order valence-corrected chi connectivity index (χ3v) is 3.94. The van der Waals surface area contributed by atoms with Gasteiger partial charge in [-0.3, -0.25) is 0 Å². The minimum atomic E-state index is 0.466. The van der Waals surface area contributed by atoms with E-state index in [1.807, 2.05) is 23.8 Å². The monoisotopic (exact) mass is 332 g/mol. The number of hydrogen-bond donors (Lipinski definition) is 2. The number of nitrogens with zero attached hydrogens (tertiary/aromatic N) is 4. The van der Waals surface area contributed by atoms with E-state index in [4.69, 9.17) is 4.52 Å². The SMILES string of the molecule is CCNC(=NCc1cc(C(CC)CC)no1)NCCn1ccnc1. The van der Waals surface area contributed by atoms with Crippen LogP contribution in [0.15, 0.2) is 34.3 Å². The molecule has 2 aromatic heterocycles. The zero-order valence-corrected chi connectivity index (χ0v) is 14.8. The molecule has 0 radical (unpaired) electrons. The quantitative estimate of drug-likeness (QED) is 0.545. The Kier molecular flexibility index (Phi) is 7.32. The smallest absolute Gasteiger partial charge is 0.191 e. The van der Waals surface area contributed by atoms with Gasteiger partial charge in [0.25, 0.3) is 0 Å². The van der Waals surface area contributed by atoms with E-state index in [-0.39, 0.29) is 0 Å². The highest BCUT2D eigenvalue weighted by atomic mass is 16.5. The van der Waals surface area contributed by atoms with Crippen LogP contribution in [0.1, 0.15) is 51.0 Å². The number of guanidine groups is 1. The average Bonchev–Trinajstić information content (AvgIpc) is 3.26. The highest BCUT2D eigenvalue weighted by Crippen LogP contribution is 2.22. The Morgan fingerprint density at radius 1 is 1.29 bits per heavy atom. The van der Waals surface area contributed by atoms with Gasteiger partial charge in [-0.25, -0.2) is 9.98 Å². The van der Waals surface area contributed by atoms with Crippen LogP contribution in [0.2, 0.25) is 0 Å². The zero-order chi connectivity index (χ0) is 17.2. The molecule has 0 unspecified atom stereocenters. The molecule has 0 saturated carbocycles. The van der Waals surface area contributed by atoms with Crippen molar-refractivity contribution < 1.29 is 4.52 Å². The van der Waals surface area contributed by atoms with Gasteiger partial charge in [-0.2, -0.15) is 0 Å². The first-order chi connectivity index (χ1) is 11.8. The lowest BCUT2D eigenvalue weighted by Crippen LogP contribution is -2.38. The van der Waals surface area contributed by atoms with Crippen LogP contribution in [0.25, 0.3) is 0 Å². The summed E-state index contributed by atoms with van der Waals surface area (Å²) in [5, 5.41) is 10.7. The molecule has 0 aliphatic heterocycles. The molecule has 0 aliphatic carbocycles. The van der Waals surface area contributed by atoms with Crippen molar-refractivity contribution in [1.82, 2.24) is 25.3 Å². The molecule has 0 bridgehead atoms. The van der Waals surface area contributed by atoms with Gasteiger partial charge in [-0.15, -0.1) is 0 Å². The second-order valence-electron chi connectivity index (χ2n) is 5.65. The minimum absolute atomic E-state index is 0.466. The van der Waals surface area contributed by atoms with Crippen molar-refractivity contribution >= 4 is 5.96 Å². The highest BCUT2D eigenvalue weighted by Gasteiger charge is 2.12. The summed E-state index contributed by atoms with van der Waals surface area (Å²) in [4.78, 5) is 8.60. The molecule has 7 heteroatoms. The van der Waals surface area contributed by atoms with E-state index in [2.05, 4.69) is 39.6 Å². The van der Waals surface area contributed by atoms with E-state index in [0.29, 0.717) is 12.5 Å². The lowest BCUT2D eigenvalue weighted by atomic mass is 9.99. The van der Waals surface area contributed by atoms with Crippen LogP contribution < -0.4 is 10.6 Å². The standard InChI is InChI=1S/C17H28N6O/c1-4-14(5-2)16-11-15(24-22-16)12-21-17(19-6-3)20-8-10-23-9-7-18-13-23/h7,9,11,13-14H,4-6,8,10,12H2,1-3H3,(H2,19,20,21). The van der Waals surface area contributed by atoms with Crippen molar-refractivity contribution in [2.45, 2.75) is 52.6 Å². The molecule has 0 amide bonds. The lowest BCUT2D eigenvalue weighted by molar-refractivity contribution is 0.372. The number of rotatable bonds is 9. The largest absolute Gasteiger partial charge is 0.359 e. The number of aromatic nitrogens is 3. The first-order valence-corrected chi connectivity index (χ1v) is 8.70. The van der Waals surface area contributed by atoms with Gasteiger partial charge in [-0.1, -0.05) is 19.0 Å². The number of imidazole rings is 1. The van der Waals surface area contributed by atoms with E-state index in [9.17, 15) is 0 Å². The Morgan fingerprint density at radius 3 is 2.79 bits per heavy atom. The summed E-state index contributed by atoms with van der Waals surface area (Å²) in [6.07, 6.45) is 7.67. The maximum atomic E-state index is 5.42. The van der Waals surface area contributed by atoms with Crippen LogP contribution in [-0.2, 0) is 13.1 Å². The molecule has 0 saturated heterocycles. The van der Waals surface area contributed by atoms with Gasteiger partial charge in [-0.05, 0) is 19.8 Å². The van der Waals surface area contributed by atoms with Crippen molar-refractivity contribution in [3.05, 3.63) is 36.2 Å². The molecule has 7 nitrogen and oxygen atoms in total. The van der Waals surface area contributed by atoms with Crippen LogP contribution >= 0.6 is 0 Å². The lowest BCUT2D eigenvalue weighted by Gasteiger charge is -2.11. The van der Waals surface area contributed by atoms with Crippen LogP contribution in [0.5, 0.6) is 0 Å². The van der Waals surface area contributed by atoms with Crippen LogP contribution in [0.4, 0.5) is 0 Å². The van der Waals surface area contributed by atoms with Crippen molar-refractivity contribution in [3.8, 4) is 0 Å². The van der Waals surface area contributed by atoms with Crippen molar-refractivity contribution in [2.75, 3.05) is 13.1 Å². The summed E-state index contributed by atoms with van der Waals surface area (Å²) in [6.45, 7) is 9.30. The summed E-state index contributed by atoms with van der Waals surface area (Å²) >= 11 is 0. The fourth-order valence-electron chi connectivity index (χ4n) is 2.52. The predicted molar refractivity (Wildman–Crippen MR) is 94.9 cm³/mol. The molecule has 2 heterocycles. The van der Waals surface area contributed by atoms with Gasteiger partial charge in [0.05, 0.1) is 12.0 Å². The van der Waals surface area contributed by atoms with Crippen molar-refractivity contribution in [2.24, 2.45) is 4.99 Å². The molecule has 0 spiro atoms. The molecule has 0 aliphatic rings. The first-order valence-electron chi connectivity index (χ1n) is 8.70. The summed E-state index contributed by atoms with van der Waals surface area (Å²) < 4.78 is 7.44. The Labute approximate surface area is 143 Å². The molecule has 2 N–H and O–H groups in total. The topological polar surface area (TPSA) is 80.3 Å². The normalized spacial score (nSPS) is 11.9. The van der Waals surface area contributed by atoms with E-state index < -0.39 is 0 Å². The Balaban J connectivity index is 1.87. The molecule has 2 aromatic rings. The number of hydrogen-bond acceptors (Lipinski definition) is 4. The van der Waals surface area contributed by atoms with Gasteiger partial charge < -0.3 is 19.7 Å². The molecule has 0 atom stereocenters. The molecule has 0 fully saturated rings. The van der Waals surface area contributed by atoms with Crippen molar-refractivity contribution in [3.63, 3.8) is 0 Å². The van der Waals surface area contributed by atoms with E-state index in [0.717, 1.165) is 49.9 Å². The van der Waals surface area contributed by atoms with Gasteiger partial charge in [0, 0.05) is 44.0 Å². The maximum Gasteiger partial charge on any atom is 0.191 e. The average molecular weight is 332 g/mol. The van der Waals surface area contributed by atoms with Gasteiger partial charge in [0.1, 0.15) is 6.54 Å². The summed E-state index contributed by atoms with van der Waals surface area (Å²) in [7, 11) is 0. The van der Waals surface area contributed by atoms with Gasteiger partial charge >= 0.3 is 0 Å².